The van der Waals surface area contributed by atoms with E-state index in [0.29, 0.717) is 0 Å². The second kappa shape index (κ2) is 6.69. The summed E-state index contributed by atoms with van der Waals surface area (Å²) in [5.74, 6) is 1.17. The Balaban J connectivity index is 2.05. The molecule has 24 heavy (non-hydrogen) atoms. The van der Waals surface area contributed by atoms with Gasteiger partial charge in [0, 0.05) is 37.2 Å². The maximum atomic E-state index is 9.92. The van der Waals surface area contributed by atoms with Crippen LogP contribution in [-0.4, -0.2) is 45.7 Å². The van der Waals surface area contributed by atoms with Crippen LogP contribution in [0.2, 0.25) is 0 Å². The van der Waals surface area contributed by atoms with Gasteiger partial charge in [0.1, 0.15) is 11.6 Å². The van der Waals surface area contributed by atoms with Gasteiger partial charge in [-0.1, -0.05) is 13.8 Å². The molecule has 0 bridgehead atoms. The predicted octanol–water partition coefficient (Wildman–Crippen LogP) is 3.49. The van der Waals surface area contributed by atoms with Crippen LogP contribution in [0.3, 0.4) is 0 Å². The molecule has 2 heterocycles. The average Bonchev–Trinajstić information content (AvgIpc) is 2.87. The molecule has 5 nitrogen and oxygen atoms in total. The van der Waals surface area contributed by atoms with Crippen LogP contribution in [0.1, 0.15) is 19.4 Å². The zero-order chi connectivity index (χ0) is 17.3. The number of nitrogens with one attached hydrogen (secondary N) is 1. The van der Waals surface area contributed by atoms with E-state index >= 15 is 0 Å². The molecule has 0 aliphatic heterocycles. The third-order valence-corrected chi connectivity index (χ3v) is 4.80. The van der Waals surface area contributed by atoms with Crippen LogP contribution in [0.15, 0.2) is 24.4 Å². The maximum absolute atomic E-state index is 9.92. The topological polar surface area (TPSA) is 53.3 Å². The van der Waals surface area contributed by atoms with Gasteiger partial charge in [0.15, 0.2) is 0 Å². The van der Waals surface area contributed by atoms with Crippen molar-refractivity contribution in [1.29, 1.82) is 0 Å². The summed E-state index contributed by atoms with van der Waals surface area (Å²) in [5, 5.41) is 15.5. The highest BCUT2D eigenvalue weighted by Crippen LogP contribution is 2.35. The van der Waals surface area contributed by atoms with E-state index in [-0.39, 0.29) is 5.75 Å². The number of hydrogen-bond donors (Lipinski definition) is 2. The van der Waals surface area contributed by atoms with Gasteiger partial charge in [0.05, 0.1) is 10.9 Å². The molecule has 0 saturated heterocycles. The first-order chi connectivity index (χ1) is 11.6. The fourth-order valence-corrected chi connectivity index (χ4v) is 3.43. The summed E-state index contributed by atoms with van der Waals surface area (Å²) in [6.45, 7) is 10.4. The highest BCUT2D eigenvalue weighted by Gasteiger charge is 2.15. The number of hydrogen-bond acceptors (Lipinski definition) is 4. The SMILES string of the molecule is CCN(CC)CCNc1ncc(C)c2c1c1cc(O)ccc1n2C. The molecule has 0 aliphatic rings. The molecule has 0 radical (unpaired) electrons. The number of aryl methyl sites for hydroxylation is 2. The Morgan fingerprint density at radius 3 is 2.71 bits per heavy atom. The highest BCUT2D eigenvalue weighted by atomic mass is 16.3. The Hall–Kier alpha value is -2.27. The zero-order valence-corrected chi connectivity index (χ0v) is 14.9. The number of likely N-dealkylation sites (N-methyl/N-ethyl adjacent to an activating group) is 1. The molecule has 2 N–H and O–H groups in total. The molecule has 0 unspecified atom stereocenters. The fraction of sp³-hybridized carbons (Fsp3) is 0.421. The lowest BCUT2D eigenvalue weighted by Crippen LogP contribution is -2.28. The number of benzene rings is 1. The largest absolute Gasteiger partial charge is 0.508 e. The second-order valence-corrected chi connectivity index (χ2v) is 6.23. The molecule has 5 heteroatoms. The number of rotatable bonds is 6. The van der Waals surface area contributed by atoms with E-state index < -0.39 is 0 Å². The number of phenolic OH excluding ortho intramolecular Hbond substituents is 1. The third-order valence-electron chi connectivity index (χ3n) is 4.80. The summed E-state index contributed by atoms with van der Waals surface area (Å²) >= 11 is 0. The number of pyridine rings is 1. The second-order valence-electron chi connectivity index (χ2n) is 6.23. The van der Waals surface area contributed by atoms with E-state index in [1.165, 1.54) is 0 Å². The van der Waals surface area contributed by atoms with Crippen LogP contribution in [0.4, 0.5) is 5.82 Å². The van der Waals surface area contributed by atoms with E-state index in [9.17, 15) is 5.11 Å². The lowest BCUT2D eigenvalue weighted by molar-refractivity contribution is 0.316. The lowest BCUT2D eigenvalue weighted by Gasteiger charge is -2.18. The Morgan fingerprint density at radius 1 is 1.25 bits per heavy atom. The Bertz CT molecular complexity index is 865. The first-order valence-electron chi connectivity index (χ1n) is 8.59. The minimum absolute atomic E-state index is 0.283. The van der Waals surface area contributed by atoms with E-state index in [1.807, 2.05) is 18.3 Å². The molecule has 1 aromatic carbocycles. The minimum atomic E-state index is 0.283. The van der Waals surface area contributed by atoms with Crippen LogP contribution >= 0.6 is 0 Å². The number of nitrogens with zero attached hydrogens (tertiary/aromatic N) is 3. The van der Waals surface area contributed by atoms with Crippen molar-refractivity contribution in [1.82, 2.24) is 14.5 Å². The van der Waals surface area contributed by atoms with Gasteiger partial charge in [0.2, 0.25) is 0 Å². The number of aromatic hydroxyl groups is 1. The first-order valence-corrected chi connectivity index (χ1v) is 8.59. The Kier molecular flexibility index (Phi) is 4.62. The van der Waals surface area contributed by atoms with Gasteiger partial charge in [-0.05, 0) is 43.8 Å². The minimum Gasteiger partial charge on any atom is -0.508 e. The lowest BCUT2D eigenvalue weighted by atomic mass is 10.1. The van der Waals surface area contributed by atoms with Crippen LogP contribution in [0.5, 0.6) is 5.75 Å². The molecular formula is C19H26N4O. The Labute approximate surface area is 142 Å². The van der Waals surface area contributed by atoms with Crippen molar-refractivity contribution >= 4 is 27.6 Å². The molecule has 0 atom stereocenters. The van der Waals surface area contributed by atoms with Gasteiger partial charge in [-0.3, -0.25) is 0 Å². The van der Waals surface area contributed by atoms with E-state index in [4.69, 9.17) is 0 Å². The summed E-state index contributed by atoms with van der Waals surface area (Å²) in [6, 6.07) is 5.52. The monoisotopic (exact) mass is 326 g/mol. The van der Waals surface area contributed by atoms with Gasteiger partial charge in [-0.15, -0.1) is 0 Å². The molecule has 0 aliphatic carbocycles. The van der Waals surface area contributed by atoms with Crippen LogP contribution in [0.25, 0.3) is 21.8 Å². The normalized spacial score (nSPS) is 11.7. The molecule has 2 aromatic heterocycles. The number of phenols is 1. The van der Waals surface area contributed by atoms with Gasteiger partial charge < -0.3 is 19.9 Å². The Morgan fingerprint density at radius 2 is 2.00 bits per heavy atom. The molecule has 128 valence electrons. The van der Waals surface area contributed by atoms with Crippen molar-refractivity contribution in [2.75, 3.05) is 31.5 Å². The van der Waals surface area contributed by atoms with Crippen molar-refractivity contribution in [2.24, 2.45) is 7.05 Å². The molecule has 0 spiro atoms. The fourth-order valence-electron chi connectivity index (χ4n) is 3.43. The van der Waals surface area contributed by atoms with Crippen molar-refractivity contribution in [2.45, 2.75) is 20.8 Å². The van der Waals surface area contributed by atoms with Gasteiger partial charge in [-0.2, -0.15) is 0 Å². The van der Waals surface area contributed by atoms with Crippen LogP contribution in [0, 0.1) is 6.92 Å². The van der Waals surface area contributed by atoms with Crippen LogP contribution < -0.4 is 5.32 Å². The molecular weight excluding hydrogens is 300 g/mol. The standard InChI is InChI=1S/C19H26N4O/c1-5-23(6-2)10-9-20-19-17-15-11-14(24)7-8-16(15)22(4)18(17)13(3)12-21-19/h7-8,11-12,24H,5-6,9-10H2,1-4H3,(H,20,21). The molecule has 0 fully saturated rings. The molecule has 0 amide bonds. The summed E-state index contributed by atoms with van der Waals surface area (Å²) in [5.41, 5.74) is 3.40. The smallest absolute Gasteiger partial charge is 0.136 e. The highest BCUT2D eigenvalue weighted by molar-refractivity contribution is 6.14. The third kappa shape index (κ3) is 2.80. The summed E-state index contributed by atoms with van der Waals surface area (Å²) in [4.78, 5) is 7.01. The number of aromatic nitrogens is 2. The van der Waals surface area contributed by atoms with Gasteiger partial charge in [-0.25, -0.2) is 4.98 Å². The molecule has 3 rings (SSSR count). The average molecular weight is 326 g/mol. The first kappa shape index (κ1) is 16.6. The summed E-state index contributed by atoms with van der Waals surface area (Å²) in [7, 11) is 2.06. The summed E-state index contributed by atoms with van der Waals surface area (Å²) in [6.07, 6.45) is 1.92. The number of anilines is 1. The van der Waals surface area contributed by atoms with Crippen molar-refractivity contribution in [3.05, 3.63) is 30.0 Å². The van der Waals surface area contributed by atoms with E-state index in [2.05, 4.69) is 47.6 Å². The van der Waals surface area contributed by atoms with Crippen molar-refractivity contribution < 1.29 is 5.11 Å². The summed E-state index contributed by atoms with van der Waals surface area (Å²) < 4.78 is 2.18. The van der Waals surface area contributed by atoms with Crippen molar-refractivity contribution in [3.8, 4) is 5.75 Å². The molecule has 3 aromatic rings. The zero-order valence-electron chi connectivity index (χ0n) is 14.9. The van der Waals surface area contributed by atoms with Crippen molar-refractivity contribution in [3.63, 3.8) is 0 Å². The van der Waals surface area contributed by atoms with E-state index in [1.54, 1.807) is 6.07 Å². The van der Waals surface area contributed by atoms with E-state index in [0.717, 1.165) is 59.4 Å². The quantitative estimate of drug-likeness (QED) is 0.728. The number of fused-ring (bicyclic) bond motifs is 3. The molecule has 0 saturated carbocycles. The predicted molar refractivity (Wildman–Crippen MR) is 101 cm³/mol. The van der Waals surface area contributed by atoms with Gasteiger partial charge in [0.25, 0.3) is 0 Å². The van der Waals surface area contributed by atoms with Gasteiger partial charge >= 0.3 is 0 Å². The van der Waals surface area contributed by atoms with Crippen LogP contribution in [-0.2, 0) is 7.05 Å². The maximum Gasteiger partial charge on any atom is 0.136 e.